The van der Waals surface area contributed by atoms with Crippen LogP contribution in [0.25, 0.3) is 0 Å². The molecule has 2 unspecified atom stereocenters. The van der Waals surface area contributed by atoms with Gasteiger partial charge < -0.3 is 25.4 Å². The lowest BCUT2D eigenvalue weighted by Crippen LogP contribution is -2.51. The molecule has 0 aromatic carbocycles. The molecule has 0 bridgehead atoms. The minimum Gasteiger partial charge on any atom is -0.449 e. The number of hydrogen-bond donors (Lipinski definition) is 4. The highest BCUT2D eigenvalue weighted by atomic mass is 16.5. The van der Waals surface area contributed by atoms with Crippen LogP contribution in [-0.2, 0) is 9.53 Å². The van der Waals surface area contributed by atoms with Crippen LogP contribution in [0.3, 0.4) is 0 Å². The highest BCUT2D eigenvalue weighted by Gasteiger charge is 2.35. The Bertz CT molecular complexity index is 443. The molecule has 0 radical (unpaired) electrons. The van der Waals surface area contributed by atoms with Gasteiger partial charge in [-0.25, -0.2) is 4.79 Å². The van der Waals surface area contributed by atoms with Crippen molar-refractivity contribution in [3.63, 3.8) is 0 Å². The predicted octanol–water partition coefficient (Wildman–Crippen LogP) is 1.58. The van der Waals surface area contributed by atoms with Crippen LogP contribution in [0.1, 0.15) is 64.7 Å². The van der Waals surface area contributed by atoms with Gasteiger partial charge in [-0.15, -0.1) is 0 Å². The van der Waals surface area contributed by atoms with Crippen LogP contribution >= 0.6 is 0 Å². The number of carbonyl (C=O) groups is 2. The zero-order valence-corrected chi connectivity index (χ0v) is 15.1. The van der Waals surface area contributed by atoms with Crippen LogP contribution in [0.4, 0.5) is 4.79 Å². The van der Waals surface area contributed by atoms with E-state index in [0.29, 0.717) is 25.4 Å². The fourth-order valence-electron chi connectivity index (χ4n) is 3.83. The van der Waals surface area contributed by atoms with E-state index in [2.05, 4.69) is 10.6 Å². The van der Waals surface area contributed by atoms with Crippen LogP contribution in [0.5, 0.6) is 0 Å². The van der Waals surface area contributed by atoms with Crippen molar-refractivity contribution in [3.8, 4) is 0 Å². The Kier molecular flexibility index (Phi) is 8.03. The van der Waals surface area contributed by atoms with Gasteiger partial charge in [0.15, 0.2) is 0 Å². The van der Waals surface area contributed by atoms with Crippen molar-refractivity contribution in [2.75, 3.05) is 6.61 Å². The van der Waals surface area contributed by atoms with Gasteiger partial charge in [-0.3, -0.25) is 4.79 Å². The summed E-state index contributed by atoms with van der Waals surface area (Å²) in [7, 11) is -1.44. The first kappa shape index (κ1) is 20.0. The minimum atomic E-state index is -1.44. The molecule has 7 nitrogen and oxygen atoms in total. The zero-order valence-electron chi connectivity index (χ0n) is 15.1. The van der Waals surface area contributed by atoms with Crippen molar-refractivity contribution in [1.82, 2.24) is 10.6 Å². The molecule has 2 saturated carbocycles. The molecule has 8 heteroatoms. The third kappa shape index (κ3) is 6.51. The smallest absolute Gasteiger partial charge is 0.449 e. The minimum absolute atomic E-state index is 0.274. The van der Waals surface area contributed by atoms with Gasteiger partial charge in [0.2, 0.25) is 5.91 Å². The summed E-state index contributed by atoms with van der Waals surface area (Å²) in [6.45, 7) is 2.01. The Morgan fingerprint density at radius 1 is 1.08 bits per heavy atom. The van der Waals surface area contributed by atoms with Gasteiger partial charge in [0.25, 0.3) is 0 Å². The third-order valence-electron chi connectivity index (χ3n) is 5.43. The number of ether oxygens (including phenoxy) is 1. The first-order chi connectivity index (χ1) is 12.0. The molecule has 0 aromatic heterocycles. The molecule has 0 heterocycles. The molecule has 2 amide bonds. The lowest BCUT2D eigenvalue weighted by molar-refractivity contribution is -0.123. The summed E-state index contributed by atoms with van der Waals surface area (Å²) in [5, 5.41) is 24.3. The van der Waals surface area contributed by atoms with Crippen molar-refractivity contribution >= 4 is 19.1 Å². The summed E-state index contributed by atoms with van der Waals surface area (Å²) in [4.78, 5) is 24.1. The highest BCUT2D eigenvalue weighted by molar-refractivity contribution is 6.43. The van der Waals surface area contributed by atoms with Crippen LogP contribution in [0, 0.1) is 5.92 Å². The van der Waals surface area contributed by atoms with Gasteiger partial charge in [-0.1, -0.05) is 38.5 Å². The molecule has 2 fully saturated rings. The first-order valence-corrected chi connectivity index (χ1v) is 9.57. The quantitative estimate of drug-likeness (QED) is 0.542. The van der Waals surface area contributed by atoms with Crippen molar-refractivity contribution in [3.05, 3.63) is 0 Å². The molecule has 25 heavy (non-hydrogen) atoms. The number of nitrogens with one attached hydrogen (secondary N) is 2. The lowest BCUT2D eigenvalue weighted by atomic mass is 9.62. The maximum absolute atomic E-state index is 12.3. The van der Waals surface area contributed by atoms with Crippen molar-refractivity contribution in [2.45, 2.75) is 82.6 Å². The standard InChI is InChI=1S/C17H31BN2O5/c1-12(19-17(22)25-11-13-7-3-2-4-8-13)16(21)20-15-10-6-5-9-14(15)18(23)24/h12-15,23-24H,2-11H2,1H3,(H,19,22)(H,20,21)/t12-,14?,15?/m0/s1. The van der Waals surface area contributed by atoms with E-state index in [1.54, 1.807) is 6.92 Å². The molecule has 2 aliphatic carbocycles. The van der Waals surface area contributed by atoms with Crippen LogP contribution in [0.15, 0.2) is 0 Å². The SMILES string of the molecule is C[C@H](NC(=O)OCC1CCCCC1)C(=O)NC1CCCCC1B(O)O. The molecule has 2 rings (SSSR count). The van der Waals surface area contributed by atoms with Gasteiger partial charge in [-0.05, 0) is 32.1 Å². The molecule has 2 aliphatic rings. The number of amides is 2. The van der Waals surface area contributed by atoms with Gasteiger partial charge in [0.1, 0.15) is 6.04 Å². The second kappa shape index (κ2) is 10.0. The molecule has 3 atom stereocenters. The van der Waals surface area contributed by atoms with Gasteiger partial charge in [0, 0.05) is 11.9 Å². The molecule has 0 aromatic rings. The topological polar surface area (TPSA) is 108 Å². The molecule has 142 valence electrons. The van der Waals surface area contributed by atoms with Crippen LogP contribution in [-0.4, -0.2) is 47.9 Å². The zero-order chi connectivity index (χ0) is 18.2. The Hall–Kier alpha value is -1.28. The van der Waals surface area contributed by atoms with E-state index in [9.17, 15) is 19.6 Å². The van der Waals surface area contributed by atoms with Crippen molar-refractivity contribution in [1.29, 1.82) is 0 Å². The fraction of sp³-hybridized carbons (Fsp3) is 0.882. The van der Waals surface area contributed by atoms with E-state index in [-0.39, 0.29) is 17.8 Å². The first-order valence-electron chi connectivity index (χ1n) is 9.57. The van der Waals surface area contributed by atoms with Gasteiger partial charge >= 0.3 is 13.2 Å². The molecule has 0 saturated heterocycles. The normalized spacial score (nSPS) is 25.7. The summed E-state index contributed by atoms with van der Waals surface area (Å²) >= 11 is 0. The van der Waals surface area contributed by atoms with Gasteiger partial charge in [-0.2, -0.15) is 0 Å². The summed E-state index contributed by atoms with van der Waals surface area (Å²) in [6.07, 6.45) is 8.50. The number of alkyl carbamates (subject to hydrolysis) is 1. The Balaban J connectivity index is 1.72. The predicted molar refractivity (Wildman–Crippen MR) is 94.9 cm³/mol. The second-order valence-electron chi connectivity index (χ2n) is 7.45. The Morgan fingerprint density at radius 3 is 2.40 bits per heavy atom. The number of carbonyl (C=O) groups excluding carboxylic acids is 2. The Morgan fingerprint density at radius 2 is 1.72 bits per heavy atom. The van der Waals surface area contributed by atoms with Crippen LogP contribution < -0.4 is 10.6 Å². The van der Waals surface area contributed by atoms with Crippen molar-refractivity contribution < 1.29 is 24.4 Å². The van der Waals surface area contributed by atoms with E-state index < -0.39 is 19.3 Å². The number of rotatable bonds is 6. The largest absolute Gasteiger partial charge is 0.456 e. The van der Waals surface area contributed by atoms with E-state index in [1.165, 1.54) is 19.3 Å². The Labute approximate surface area is 150 Å². The monoisotopic (exact) mass is 354 g/mol. The fourth-order valence-corrected chi connectivity index (χ4v) is 3.83. The van der Waals surface area contributed by atoms with E-state index in [1.807, 2.05) is 0 Å². The molecule has 4 N–H and O–H groups in total. The van der Waals surface area contributed by atoms with E-state index in [0.717, 1.165) is 25.7 Å². The maximum Gasteiger partial charge on any atom is 0.456 e. The molecule has 0 spiro atoms. The summed E-state index contributed by atoms with van der Waals surface area (Å²) < 4.78 is 5.24. The van der Waals surface area contributed by atoms with Crippen LogP contribution in [0.2, 0.25) is 5.82 Å². The highest BCUT2D eigenvalue weighted by Crippen LogP contribution is 2.30. The van der Waals surface area contributed by atoms with E-state index >= 15 is 0 Å². The summed E-state index contributed by atoms with van der Waals surface area (Å²) in [6, 6.07) is -0.999. The van der Waals surface area contributed by atoms with Crippen molar-refractivity contribution in [2.24, 2.45) is 5.92 Å². The lowest BCUT2D eigenvalue weighted by Gasteiger charge is -2.32. The third-order valence-corrected chi connectivity index (χ3v) is 5.43. The van der Waals surface area contributed by atoms with E-state index in [4.69, 9.17) is 4.74 Å². The second-order valence-corrected chi connectivity index (χ2v) is 7.45. The molecular formula is C17H31BN2O5. The average Bonchev–Trinajstić information content (AvgIpc) is 2.61. The number of hydrogen-bond acceptors (Lipinski definition) is 5. The average molecular weight is 354 g/mol. The summed E-state index contributed by atoms with van der Waals surface area (Å²) in [5.41, 5.74) is 0. The molecular weight excluding hydrogens is 323 g/mol. The molecule has 0 aliphatic heterocycles. The maximum atomic E-state index is 12.3. The summed E-state index contributed by atoms with van der Waals surface area (Å²) in [5.74, 6) is -0.256. The van der Waals surface area contributed by atoms with Gasteiger partial charge in [0.05, 0.1) is 6.61 Å².